The van der Waals surface area contributed by atoms with Crippen LogP contribution in [0.25, 0.3) is 0 Å². The van der Waals surface area contributed by atoms with Crippen molar-refractivity contribution in [2.75, 3.05) is 13.1 Å². The molecule has 22 heavy (non-hydrogen) atoms. The van der Waals surface area contributed by atoms with Crippen LogP contribution in [0.5, 0.6) is 0 Å². The summed E-state index contributed by atoms with van der Waals surface area (Å²) in [5, 5.41) is 0. The summed E-state index contributed by atoms with van der Waals surface area (Å²) in [7, 11) is 0. The fourth-order valence-corrected chi connectivity index (χ4v) is 3.17. The lowest BCUT2D eigenvalue weighted by atomic mass is 9.89. The molecule has 0 radical (unpaired) electrons. The highest BCUT2D eigenvalue weighted by atomic mass is 35.5. The number of nitrogens with zero attached hydrogens (tertiary/aromatic N) is 1. The number of hydrogen-bond donors (Lipinski definition) is 1. The van der Waals surface area contributed by atoms with E-state index in [0.717, 1.165) is 37.4 Å². The first-order valence-corrected chi connectivity index (χ1v) is 8.16. The summed E-state index contributed by atoms with van der Waals surface area (Å²) in [4.78, 5) is 14.5. The second-order valence-electron chi connectivity index (χ2n) is 6.54. The number of benzene rings is 1. The van der Waals surface area contributed by atoms with Crippen LogP contribution >= 0.6 is 12.4 Å². The molecule has 1 saturated heterocycles. The number of nitrogens with two attached hydrogens (primary N) is 1. The Kier molecular flexibility index (Phi) is 7.91. The van der Waals surface area contributed by atoms with Gasteiger partial charge in [0.05, 0.1) is 0 Å². The molecular weight excluding hydrogens is 296 g/mol. The Balaban J connectivity index is 0.00000242. The second kappa shape index (κ2) is 9.16. The van der Waals surface area contributed by atoms with Gasteiger partial charge in [-0.3, -0.25) is 4.79 Å². The third-order valence-electron chi connectivity index (χ3n) is 4.69. The molecule has 2 rings (SSSR count). The van der Waals surface area contributed by atoms with Crippen LogP contribution in [0.1, 0.15) is 51.1 Å². The summed E-state index contributed by atoms with van der Waals surface area (Å²) >= 11 is 0. The van der Waals surface area contributed by atoms with Gasteiger partial charge < -0.3 is 10.6 Å². The highest BCUT2D eigenvalue weighted by Gasteiger charge is 2.23. The van der Waals surface area contributed by atoms with Crippen molar-refractivity contribution >= 4 is 18.3 Å². The van der Waals surface area contributed by atoms with E-state index < -0.39 is 0 Å². The number of carbonyl (C=O) groups excluding carboxylic acids is 1. The van der Waals surface area contributed by atoms with Gasteiger partial charge in [0.15, 0.2) is 0 Å². The zero-order chi connectivity index (χ0) is 15.2. The van der Waals surface area contributed by atoms with Crippen LogP contribution in [-0.2, 0) is 4.79 Å². The van der Waals surface area contributed by atoms with Crippen molar-refractivity contribution in [3.8, 4) is 0 Å². The molecule has 1 aromatic carbocycles. The SMILES string of the molecule is CC(C)C1CCCN(C(=O)CC(N)c2ccccc2)CC1.Cl. The zero-order valence-electron chi connectivity index (χ0n) is 13.7. The first-order valence-electron chi connectivity index (χ1n) is 8.16. The van der Waals surface area contributed by atoms with Gasteiger partial charge >= 0.3 is 0 Å². The maximum Gasteiger partial charge on any atom is 0.224 e. The van der Waals surface area contributed by atoms with Crippen LogP contribution in [0.15, 0.2) is 30.3 Å². The third kappa shape index (κ3) is 5.29. The average Bonchev–Trinajstić information content (AvgIpc) is 2.74. The first kappa shape index (κ1) is 19.0. The van der Waals surface area contributed by atoms with Gasteiger partial charge in [-0.05, 0) is 36.7 Å². The summed E-state index contributed by atoms with van der Waals surface area (Å²) < 4.78 is 0. The van der Waals surface area contributed by atoms with Crippen molar-refractivity contribution in [3.63, 3.8) is 0 Å². The van der Waals surface area contributed by atoms with Crippen molar-refractivity contribution in [2.24, 2.45) is 17.6 Å². The van der Waals surface area contributed by atoms with E-state index in [-0.39, 0.29) is 24.4 Å². The molecule has 0 aromatic heterocycles. The predicted octanol–water partition coefficient (Wildman–Crippen LogP) is 3.78. The molecule has 2 unspecified atom stereocenters. The van der Waals surface area contributed by atoms with Crippen LogP contribution in [0.3, 0.4) is 0 Å². The molecule has 1 heterocycles. The summed E-state index contributed by atoms with van der Waals surface area (Å²) in [6, 6.07) is 9.71. The minimum absolute atomic E-state index is 0. The van der Waals surface area contributed by atoms with Crippen molar-refractivity contribution in [1.29, 1.82) is 0 Å². The number of rotatable bonds is 4. The Morgan fingerprint density at radius 2 is 1.91 bits per heavy atom. The quantitative estimate of drug-likeness (QED) is 0.916. The molecule has 1 aromatic rings. The Morgan fingerprint density at radius 1 is 1.23 bits per heavy atom. The van der Waals surface area contributed by atoms with E-state index in [2.05, 4.69) is 13.8 Å². The van der Waals surface area contributed by atoms with Gasteiger partial charge in [-0.2, -0.15) is 0 Å². The number of halogens is 1. The number of likely N-dealkylation sites (tertiary alicyclic amines) is 1. The van der Waals surface area contributed by atoms with Gasteiger partial charge in [-0.1, -0.05) is 44.2 Å². The average molecular weight is 325 g/mol. The van der Waals surface area contributed by atoms with E-state index in [1.54, 1.807) is 0 Å². The van der Waals surface area contributed by atoms with Crippen LogP contribution in [0.2, 0.25) is 0 Å². The highest BCUT2D eigenvalue weighted by Crippen LogP contribution is 2.25. The maximum atomic E-state index is 12.5. The summed E-state index contributed by atoms with van der Waals surface area (Å²) in [5.74, 6) is 1.67. The largest absolute Gasteiger partial charge is 0.343 e. The van der Waals surface area contributed by atoms with E-state index in [0.29, 0.717) is 12.3 Å². The molecule has 0 bridgehead atoms. The van der Waals surface area contributed by atoms with E-state index in [4.69, 9.17) is 5.73 Å². The minimum Gasteiger partial charge on any atom is -0.343 e. The van der Waals surface area contributed by atoms with Crippen molar-refractivity contribution in [2.45, 2.75) is 45.6 Å². The van der Waals surface area contributed by atoms with E-state index in [9.17, 15) is 4.79 Å². The molecule has 1 amide bonds. The van der Waals surface area contributed by atoms with Crippen LogP contribution < -0.4 is 5.73 Å². The first-order chi connectivity index (χ1) is 10.1. The molecule has 1 fully saturated rings. The lowest BCUT2D eigenvalue weighted by Crippen LogP contribution is -2.34. The molecule has 1 aliphatic heterocycles. The molecule has 2 atom stereocenters. The van der Waals surface area contributed by atoms with Crippen LogP contribution in [0.4, 0.5) is 0 Å². The summed E-state index contributed by atoms with van der Waals surface area (Å²) in [6.45, 7) is 6.35. The number of carbonyl (C=O) groups is 1. The van der Waals surface area contributed by atoms with E-state index >= 15 is 0 Å². The van der Waals surface area contributed by atoms with Gasteiger partial charge in [-0.25, -0.2) is 0 Å². The van der Waals surface area contributed by atoms with Gasteiger partial charge in [0.25, 0.3) is 0 Å². The molecular formula is C18H29ClN2O. The maximum absolute atomic E-state index is 12.5. The van der Waals surface area contributed by atoms with Crippen LogP contribution in [-0.4, -0.2) is 23.9 Å². The van der Waals surface area contributed by atoms with Gasteiger partial charge in [-0.15, -0.1) is 12.4 Å². The lowest BCUT2D eigenvalue weighted by Gasteiger charge is -2.23. The monoisotopic (exact) mass is 324 g/mol. The standard InChI is InChI=1S/C18H28N2O.ClH/c1-14(2)15-9-6-11-20(12-10-15)18(21)13-17(19)16-7-4-3-5-8-16;/h3-5,7-8,14-15,17H,6,9-13,19H2,1-2H3;1H. The van der Waals surface area contributed by atoms with Crippen molar-refractivity contribution < 1.29 is 4.79 Å². The Morgan fingerprint density at radius 3 is 2.55 bits per heavy atom. The zero-order valence-corrected chi connectivity index (χ0v) is 14.5. The Labute approximate surface area is 140 Å². The summed E-state index contributed by atoms with van der Waals surface area (Å²) in [6.07, 6.45) is 3.90. The smallest absolute Gasteiger partial charge is 0.224 e. The van der Waals surface area contributed by atoms with E-state index in [1.807, 2.05) is 35.2 Å². The second-order valence-corrected chi connectivity index (χ2v) is 6.54. The van der Waals surface area contributed by atoms with E-state index in [1.165, 1.54) is 6.42 Å². The van der Waals surface area contributed by atoms with Gasteiger partial charge in [0.1, 0.15) is 0 Å². The minimum atomic E-state index is -0.192. The fourth-order valence-electron chi connectivity index (χ4n) is 3.17. The molecule has 4 heteroatoms. The Hall–Kier alpha value is -1.06. The van der Waals surface area contributed by atoms with Gasteiger partial charge in [0, 0.05) is 25.6 Å². The predicted molar refractivity (Wildman–Crippen MR) is 94.0 cm³/mol. The number of hydrogen-bond acceptors (Lipinski definition) is 2. The molecule has 124 valence electrons. The summed E-state index contributed by atoms with van der Waals surface area (Å²) in [5.41, 5.74) is 7.21. The molecule has 1 aliphatic rings. The normalized spacial score (nSPS) is 20.2. The molecule has 0 aliphatic carbocycles. The molecule has 0 saturated carbocycles. The third-order valence-corrected chi connectivity index (χ3v) is 4.69. The van der Waals surface area contributed by atoms with Crippen molar-refractivity contribution in [1.82, 2.24) is 4.90 Å². The molecule has 0 spiro atoms. The number of amides is 1. The Bertz CT molecular complexity index is 450. The van der Waals surface area contributed by atoms with Gasteiger partial charge in [0.2, 0.25) is 5.91 Å². The lowest BCUT2D eigenvalue weighted by molar-refractivity contribution is -0.131. The van der Waals surface area contributed by atoms with Crippen molar-refractivity contribution in [3.05, 3.63) is 35.9 Å². The highest BCUT2D eigenvalue weighted by molar-refractivity contribution is 5.85. The van der Waals surface area contributed by atoms with Crippen LogP contribution in [0, 0.1) is 11.8 Å². The fraction of sp³-hybridized carbons (Fsp3) is 0.611. The molecule has 3 nitrogen and oxygen atoms in total. The topological polar surface area (TPSA) is 46.3 Å². The molecule has 2 N–H and O–H groups in total.